The first-order valence-corrected chi connectivity index (χ1v) is 20.7. The molecule has 4 aromatic carbocycles. The van der Waals surface area contributed by atoms with Crippen LogP contribution in [0.15, 0.2) is 151 Å². The summed E-state index contributed by atoms with van der Waals surface area (Å²) in [6, 6.07) is 21.6. The summed E-state index contributed by atoms with van der Waals surface area (Å²) in [7, 11) is 3.44. The smallest absolute Gasteiger partial charge is 0.342 e. The number of carboxylic acids is 4. The Balaban J connectivity index is 0.000000219. The fourth-order valence-electron chi connectivity index (χ4n) is 4.79. The normalized spacial score (nSPS) is 10.2. The largest absolute Gasteiger partial charge is 0.477 e. The minimum atomic E-state index is -1.48. The first kappa shape index (κ1) is 48.7. The third-order valence-electron chi connectivity index (χ3n) is 7.59. The summed E-state index contributed by atoms with van der Waals surface area (Å²) < 4.78 is 0. The van der Waals surface area contributed by atoms with Gasteiger partial charge in [0.2, 0.25) is 0 Å². The van der Waals surface area contributed by atoms with Gasteiger partial charge in [-0.3, -0.25) is 50.4 Å². The predicted molar refractivity (Wildman–Crippen MR) is 229 cm³/mol. The highest BCUT2D eigenvalue weighted by atomic mass is 33.1. The van der Waals surface area contributed by atoms with Crippen molar-refractivity contribution in [1.82, 2.24) is 9.97 Å². The van der Waals surface area contributed by atoms with Crippen molar-refractivity contribution in [2.45, 2.75) is 29.4 Å². The number of carbonyl (C=O) groups is 4. The van der Waals surface area contributed by atoms with Crippen LogP contribution in [0.2, 0.25) is 0 Å². The molecule has 2 aromatic heterocycles. The van der Waals surface area contributed by atoms with Crippen molar-refractivity contribution in [1.29, 1.82) is 0 Å². The third kappa shape index (κ3) is 13.8. The molecule has 0 unspecified atom stereocenters. The molecule has 0 aliphatic carbocycles. The zero-order valence-corrected chi connectivity index (χ0v) is 34.8. The molecule has 0 fully saturated rings. The third-order valence-corrected chi connectivity index (χ3v) is 12.0. The fourth-order valence-corrected chi connectivity index (χ4v) is 8.49. The molecule has 4 N–H and O–H groups in total. The lowest BCUT2D eigenvalue weighted by atomic mass is 10.2. The summed E-state index contributed by atoms with van der Waals surface area (Å²) >= 11 is 1.84. The van der Waals surface area contributed by atoms with E-state index in [9.17, 15) is 59.6 Å². The number of rotatable bonds is 15. The van der Waals surface area contributed by atoms with Crippen LogP contribution in [0, 0.1) is 40.5 Å². The number of hydrogen-bond donors (Lipinski definition) is 4. The van der Waals surface area contributed by atoms with Crippen molar-refractivity contribution in [2.75, 3.05) is 0 Å². The molecule has 2 heterocycles. The molecule has 0 atom stereocenters. The molecule has 64 heavy (non-hydrogen) atoms. The van der Waals surface area contributed by atoms with Crippen molar-refractivity contribution >= 4 is 91.7 Å². The maximum absolute atomic E-state index is 11.1. The van der Waals surface area contributed by atoms with Crippen molar-refractivity contribution in [3.8, 4) is 0 Å². The van der Waals surface area contributed by atoms with E-state index in [2.05, 4.69) is 9.97 Å². The molecule has 0 bridgehead atoms. The topological polar surface area (TPSA) is 348 Å². The number of nitro benzene ring substituents is 4. The average Bonchev–Trinajstić information content (AvgIpc) is 3.26. The van der Waals surface area contributed by atoms with E-state index >= 15 is 0 Å². The maximum Gasteiger partial charge on any atom is 0.342 e. The van der Waals surface area contributed by atoms with Gasteiger partial charge >= 0.3 is 23.9 Å². The Labute approximate surface area is 373 Å². The van der Waals surface area contributed by atoms with Gasteiger partial charge in [-0.15, -0.1) is 0 Å². The van der Waals surface area contributed by atoms with Crippen LogP contribution in [0.5, 0.6) is 0 Å². The Bertz CT molecular complexity index is 2450. The van der Waals surface area contributed by atoms with Gasteiger partial charge in [0.25, 0.3) is 22.7 Å². The van der Waals surface area contributed by atoms with E-state index in [1.807, 2.05) is 24.3 Å². The number of nitro groups is 4. The minimum absolute atomic E-state index is 0.299. The molecule has 26 heteroatoms. The Morgan fingerprint density at radius 3 is 0.781 bits per heavy atom. The molecule has 6 aromatic rings. The van der Waals surface area contributed by atoms with Gasteiger partial charge in [0, 0.05) is 78.4 Å². The van der Waals surface area contributed by atoms with E-state index in [-0.39, 0.29) is 0 Å². The van der Waals surface area contributed by atoms with Crippen molar-refractivity contribution in [3.63, 3.8) is 0 Å². The van der Waals surface area contributed by atoms with E-state index in [0.717, 1.165) is 72.1 Å². The first-order chi connectivity index (χ1) is 30.4. The van der Waals surface area contributed by atoms with E-state index in [0.29, 0.717) is 19.6 Å². The quantitative estimate of drug-likeness (QED) is 0.0423. The highest BCUT2D eigenvalue weighted by Crippen LogP contribution is 2.37. The zero-order chi connectivity index (χ0) is 47.1. The van der Waals surface area contributed by atoms with Crippen LogP contribution in [0.1, 0.15) is 41.4 Å². The van der Waals surface area contributed by atoms with Gasteiger partial charge in [-0.05, 0) is 72.8 Å². The van der Waals surface area contributed by atoms with Crippen LogP contribution in [-0.4, -0.2) is 74.0 Å². The number of hydrogen-bond acceptors (Lipinski definition) is 18. The molecular formula is C38H24N6O16S4. The molecule has 326 valence electrons. The lowest BCUT2D eigenvalue weighted by Gasteiger charge is -2.05. The number of benzene rings is 4. The number of pyridine rings is 2. The standard InChI is InChI=1S/2C14H8N2O8S.C10H8N2S2/c2*17-13(18)9-5-7(1-3-11(9)15(21)22)25-8-2-4-12(16(23)24)10(6-8)14(19)20;1-5-11-6-2-9(1)13-14-10-3-7-12-8-4-10/h2*1-6H,(H,17,18)(H,19,20);1-8H. The van der Waals surface area contributed by atoms with Gasteiger partial charge in [0.15, 0.2) is 0 Å². The minimum Gasteiger partial charge on any atom is -0.477 e. The first-order valence-electron chi connectivity index (χ1n) is 16.9. The van der Waals surface area contributed by atoms with Gasteiger partial charge in [0.05, 0.1) is 19.7 Å². The Kier molecular flexibility index (Phi) is 17.3. The number of carboxylic acid groups (broad SMARTS) is 4. The average molecular weight is 949 g/mol. The van der Waals surface area contributed by atoms with Crippen LogP contribution in [0.3, 0.4) is 0 Å². The Morgan fingerprint density at radius 1 is 0.375 bits per heavy atom. The number of nitrogens with zero attached hydrogens (tertiary/aromatic N) is 6. The molecule has 0 aliphatic heterocycles. The van der Waals surface area contributed by atoms with E-state index in [1.165, 1.54) is 34.1 Å². The van der Waals surface area contributed by atoms with Crippen LogP contribution in [0.4, 0.5) is 22.7 Å². The molecule has 6 rings (SSSR count). The summed E-state index contributed by atoms with van der Waals surface area (Å²) in [5.41, 5.74) is -4.38. The van der Waals surface area contributed by atoms with E-state index < -0.39 is 88.6 Å². The highest BCUT2D eigenvalue weighted by Gasteiger charge is 2.24. The van der Waals surface area contributed by atoms with Crippen LogP contribution in [-0.2, 0) is 0 Å². The second kappa shape index (κ2) is 22.8. The van der Waals surface area contributed by atoms with Gasteiger partial charge < -0.3 is 20.4 Å². The number of aromatic carboxylic acids is 4. The van der Waals surface area contributed by atoms with E-state index in [1.54, 1.807) is 46.4 Å². The van der Waals surface area contributed by atoms with Crippen molar-refractivity contribution in [3.05, 3.63) is 185 Å². The summed E-state index contributed by atoms with van der Waals surface area (Å²) in [5, 5.41) is 79.5. The van der Waals surface area contributed by atoms with Gasteiger partial charge in [-0.25, -0.2) is 19.2 Å². The second-order valence-corrected chi connectivity index (χ2v) is 16.3. The summed E-state index contributed by atoms with van der Waals surface area (Å²) in [6.07, 6.45) is 7.20. The van der Waals surface area contributed by atoms with Crippen LogP contribution < -0.4 is 0 Å². The monoisotopic (exact) mass is 948 g/mol. The molecule has 0 saturated heterocycles. The van der Waals surface area contributed by atoms with Gasteiger partial charge in [0.1, 0.15) is 22.3 Å². The predicted octanol–water partition coefficient (Wildman–Crippen LogP) is 9.38. The second-order valence-electron chi connectivity index (χ2n) is 11.7. The maximum atomic E-state index is 11.1. The van der Waals surface area contributed by atoms with Crippen LogP contribution in [0.25, 0.3) is 0 Å². The molecular weight excluding hydrogens is 925 g/mol. The summed E-state index contributed by atoms with van der Waals surface area (Å²) in [6.45, 7) is 0. The van der Waals surface area contributed by atoms with Gasteiger partial charge in [-0.2, -0.15) is 0 Å². The van der Waals surface area contributed by atoms with Crippen molar-refractivity contribution < 1.29 is 59.3 Å². The van der Waals surface area contributed by atoms with Crippen LogP contribution >= 0.6 is 45.1 Å². The van der Waals surface area contributed by atoms with Crippen molar-refractivity contribution in [2.24, 2.45) is 0 Å². The Morgan fingerprint density at radius 2 is 0.594 bits per heavy atom. The lowest BCUT2D eigenvalue weighted by Crippen LogP contribution is -2.03. The lowest BCUT2D eigenvalue weighted by molar-refractivity contribution is -0.385. The summed E-state index contributed by atoms with van der Waals surface area (Å²) in [5.74, 6) is -5.93. The SMILES string of the molecule is O=C(O)c1cc(Sc2ccc([N+](=O)[O-])c(C(=O)O)c2)ccc1[N+](=O)[O-].O=C(O)c1cc(Sc2ccc([N+](=O)[O-])c(C(=O)O)c2)ccc1[N+](=O)[O-].c1cc(SSc2ccncc2)ccn1. The van der Waals surface area contributed by atoms with E-state index in [4.69, 9.17) is 20.4 Å². The summed E-state index contributed by atoms with van der Waals surface area (Å²) in [4.78, 5) is 96.0. The number of aromatic nitrogens is 2. The zero-order valence-electron chi connectivity index (χ0n) is 31.6. The Hall–Kier alpha value is -7.94. The molecule has 0 aliphatic rings. The highest BCUT2D eigenvalue weighted by molar-refractivity contribution is 8.76. The molecule has 0 amide bonds. The van der Waals surface area contributed by atoms with Gasteiger partial charge in [-0.1, -0.05) is 45.1 Å². The molecule has 0 saturated carbocycles. The fraction of sp³-hybridized carbons (Fsp3) is 0. The molecule has 0 radical (unpaired) electrons. The molecule has 0 spiro atoms. The molecule has 22 nitrogen and oxygen atoms in total.